The van der Waals surface area contributed by atoms with E-state index in [-0.39, 0.29) is 12.2 Å². The van der Waals surface area contributed by atoms with Crippen molar-refractivity contribution in [2.45, 2.75) is 37.9 Å². The van der Waals surface area contributed by atoms with Gasteiger partial charge in [0.25, 0.3) is 0 Å². The van der Waals surface area contributed by atoms with Crippen LogP contribution in [0.4, 0.5) is 0 Å². The zero-order valence-corrected chi connectivity index (χ0v) is 8.15. The van der Waals surface area contributed by atoms with Gasteiger partial charge < -0.3 is 9.84 Å². The fourth-order valence-corrected chi connectivity index (χ4v) is 4.30. The van der Waals surface area contributed by atoms with E-state index in [4.69, 9.17) is 4.74 Å². The van der Waals surface area contributed by atoms with E-state index in [0.29, 0.717) is 5.92 Å². The monoisotopic (exact) mass is 182 g/mol. The van der Waals surface area contributed by atoms with Gasteiger partial charge in [-0.15, -0.1) is 0 Å². The molecule has 0 saturated heterocycles. The lowest BCUT2D eigenvalue weighted by Gasteiger charge is -2.28. The van der Waals surface area contributed by atoms with Gasteiger partial charge in [0.1, 0.15) is 0 Å². The number of fused-ring (bicyclic) bond motifs is 5. The maximum atomic E-state index is 9.83. The first kappa shape index (κ1) is 8.25. The first-order valence-electron chi connectivity index (χ1n) is 5.52. The van der Waals surface area contributed by atoms with Gasteiger partial charge in [-0.3, -0.25) is 0 Å². The van der Waals surface area contributed by atoms with E-state index < -0.39 is 0 Å². The van der Waals surface area contributed by atoms with Crippen LogP contribution in [-0.2, 0) is 4.74 Å². The molecule has 2 heteroatoms. The summed E-state index contributed by atoms with van der Waals surface area (Å²) in [5.41, 5.74) is 0. The van der Waals surface area contributed by atoms with Crippen molar-refractivity contribution in [1.29, 1.82) is 0 Å². The van der Waals surface area contributed by atoms with Crippen LogP contribution in [0, 0.1) is 23.7 Å². The number of hydrogen-bond donors (Lipinski definition) is 1. The molecule has 0 spiro atoms. The first-order chi connectivity index (χ1) is 6.31. The Morgan fingerprint density at radius 3 is 2.69 bits per heavy atom. The molecule has 6 atom stereocenters. The highest BCUT2D eigenvalue weighted by atomic mass is 16.5. The van der Waals surface area contributed by atoms with Gasteiger partial charge in [-0.2, -0.15) is 0 Å². The Labute approximate surface area is 79.3 Å². The van der Waals surface area contributed by atoms with Crippen LogP contribution >= 0.6 is 0 Å². The minimum absolute atomic E-state index is 0.153. The predicted molar refractivity (Wildman–Crippen MR) is 49.2 cm³/mol. The quantitative estimate of drug-likeness (QED) is 0.664. The molecular weight excluding hydrogens is 164 g/mol. The second-order valence-electron chi connectivity index (χ2n) is 5.08. The fourth-order valence-electron chi connectivity index (χ4n) is 4.30. The van der Waals surface area contributed by atoms with Gasteiger partial charge in [0.05, 0.1) is 12.2 Å². The fraction of sp³-hybridized carbons (Fsp3) is 1.00. The Bertz CT molecular complexity index is 214. The lowest BCUT2D eigenvalue weighted by atomic mass is 9.81. The molecule has 0 heterocycles. The van der Waals surface area contributed by atoms with Gasteiger partial charge in [0, 0.05) is 7.11 Å². The smallest absolute Gasteiger partial charge is 0.0863 e. The van der Waals surface area contributed by atoms with Gasteiger partial charge in [-0.25, -0.2) is 0 Å². The van der Waals surface area contributed by atoms with E-state index >= 15 is 0 Å². The van der Waals surface area contributed by atoms with E-state index in [1.54, 1.807) is 7.11 Å². The van der Waals surface area contributed by atoms with E-state index in [9.17, 15) is 5.11 Å². The van der Waals surface area contributed by atoms with Crippen molar-refractivity contribution in [1.82, 2.24) is 0 Å². The van der Waals surface area contributed by atoms with Crippen LogP contribution in [0.3, 0.4) is 0 Å². The Kier molecular flexibility index (Phi) is 1.72. The molecule has 2 bridgehead atoms. The molecular formula is C11H18O2. The van der Waals surface area contributed by atoms with E-state index in [1.165, 1.54) is 19.3 Å². The number of rotatable bonds is 1. The normalized spacial score (nSPS) is 58.6. The topological polar surface area (TPSA) is 29.5 Å². The SMILES string of the molecule is COC1C(O)CC2C3CCC(C3)C21. The third-order valence-corrected chi connectivity index (χ3v) is 4.70. The minimum atomic E-state index is -0.177. The van der Waals surface area contributed by atoms with Crippen molar-refractivity contribution in [3.63, 3.8) is 0 Å². The average molecular weight is 182 g/mol. The van der Waals surface area contributed by atoms with Gasteiger partial charge in [-0.05, 0) is 49.4 Å². The molecule has 13 heavy (non-hydrogen) atoms. The third kappa shape index (κ3) is 0.962. The number of aliphatic hydroxyl groups excluding tert-OH is 1. The van der Waals surface area contributed by atoms with Crippen LogP contribution in [0.25, 0.3) is 0 Å². The largest absolute Gasteiger partial charge is 0.390 e. The lowest BCUT2D eigenvalue weighted by molar-refractivity contribution is -0.0255. The Morgan fingerprint density at radius 2 is 1.92 bits per heavy atom. The van der Waals surface area contributed by atoms with Crippen LogP contribution < -0.4 is 0 Å². The summed E-state index contributed by atoms with van der Waals surface area (Å²) in [6, 6.07) is 0. The molecule has 3 aliphatic carbocycles. The predicted octanol–water partition coefficient (Wildman–Crippen LogP) is 1.43. The average Bonchev–Trinajstić information content (AvgIpc) is 2.72. The molecule has 6 unspecified atom stereocenters. The molecule has 3 rings (SSSR count). The van der Waals surface area contributed by atoms with Crippen molar-refractivity contribution in [3.8, 4) is 0 Å². The maximum Gasteiger partial charge on any atom is 0.0863 e. The first-order valence-corrected chi connectivity index (χ1v) is 5.52. The summed E-state index contributed by atoms with van der Waals surface area (Å²) in [5.74, 6) is 3.28. The minimum Gasteiger partial charge on any atom is -0.390 e. The van der Waals surface area contributed by atoms with Gasteiger partial charge in [0.15, 0.2) is 0 Å². The molecule has 0 radical (unpaired) electrons. The molecule has 3 fully saturated rings. The van der Waals surface area contributed by atoms with E-state index in [2.05, 4.69) is 0 Å². The van der Waals surface area contributed by atoms with E-state index in [0.717, 1.165) is 24.2 Å². The van der Waals surface area contributed by atoms with Crippen LogP contribution in [0.2, 0.25) is 0 Å². The Morgan fingerprint density at radius 1 is 1.15 bits per heavy atom. The molecule has 2 nitrogen and oxygen atoms in total. The van der Waals surface area contributed by atoms with Crippen molar-refractivity contribution < 1.29 is 9.84 Å². The van der Waals surface area contributed by atoms with Crippen LogP contribution in [0.5, 0.6) is 0 Å². The molecule has 0 aromatic heterocycles. The van der Waals surface area contributed by atoms with Crippen molar-refractivity contribution in [2.75, 3.05) is 7.11 Å². The molecule has 74 valence electrons. The summed E-state index contributed by atoms with van der Waals surface area (Å²) >= 11 is 0. The second kappa shape index (κ2) is 2.71. The van der Waals surface area contributed by atoms with Crippen LogP contribution in [0.15, 0.2) is 0 Å². The van der Waals surface area contributed by atoms with Gasteiger partial charge in [0.2, 0.25) is 0 Å². The van der Waals surface area contributed by atoms with Gasteiger partial charge >= 0.3 is 0 Å². The van der Waals surface area contributed by atoms with Crippen LogP contribution in [-0.4, -0.2) is 24.4 Å². The molecule has 0 aromatic carbocycles. The summed E-state index contributed by atoms with van der Waals surface area (Å²) in [5, 5.41) is 9.83. The second-order valence-corrected chi connectivity index (χ2v) is 5.08. The van der Waals surface area contributed by atoms with Crippen molar-refractivity contribution in [3.05, 3.63) is 0 Å². The highest BCUT2D eigenvalue weighted by Gasteiger charge is 2.56. The molecule has 0 amide bonds. The molecule has 1 N–H and O–H groups in total. The Balaban J connectivity index is 1.87. The number of ether oxygens (including phenoxy) is 1. The number of methoxy groups -OCH3 is 1. The standard InChI is InChI=1S/C11H18O2/c1-13-11-9(12)5-8-6-2-3-7(4-6)10(8)11/h6-12H,2-5H2,1H3. The van der Waals surface area contributed by atoms with Gasteiger partial charge in [-0.1, -0.05) is 0 Å². The van der Waals surface area contributed by atoms with Crippen LogP contribution in [0.1, 0.15) is 25.7 Å². The molecule has 3 saturated carbocycles. The van der Waals surface area contributed by atoms with E-state index in [1.807, 2.05) is 0 Å². The summed E-state index contributed by atoms with van der Waals surface area (Å²) in [6.07, 6.45) is 5.20. The van der Waals surface area contributed by atoms with Crippen molar-refractivity contribution in [2.24, 2.45) is 23.7 Å². The Hall–Kier alpha value is -0.0800. The molecule has 0 aromatic rings. The number of aliphatic hydroxyl groups is 1. The highest BCUT2D eigenvalue weighted by molar-refractivity contribution is 5.06. The zero-order chi connectivity index (χ0) is 9.00. The molecule has 3 aliphatic rings. The zero-order valence-electron chi connectivity index (χ0n) is 8.15. The summed E-state index contributed by atoms with van der Waals surface area (Å²) < 4.78 is 5.44. The third-order valence-electron chi connectivity index (χ3n) is 4.70. The lowest BCUT2D eigenvalue weighted by Crippen LogP contribution is -2.31. The summed E-state index contributed by atoms with van der Waals surface area (Å²) in [6.45, 7) is 0. The van der Waals surface area contributed by atoms with Crippen molar-refractivity contribution >= 4 is 0 Å². The summed E-state index contributed by atoms with van der Waals surface area (Å²) in [4.78, 5) is 0. The number of hydrogen-bond acceptors (Lipinski definition) is 2. The molecule has 0 aliphatic heterocycles. The summed E-state index contributed by atoms with van der Waals surface area (Å²) in [7, 11) is 1.75. The highest BCUT2D eigenvalue weighted by Crippen LogP contribution is 2.59. The maximum absolute atomic E-state index is 9.83.